The summed E-state index contributed by atoms with van der Waals surface area (Å²) < 4.78 is 33.1. The van der Waals surface area contributed by atoms with Gasteiger partial charge in [0.05, 0.1) is 5.57 Å². The van der Waals surface area contributed by atoms with Crippen molar-refractivity contribution in [1.29, 1.82) is 0 Å². The van der Waals surface area contributed by atoms with Gasteiger partial charge in [0.15, 0.2) is 0 Å². The lowest BCUT2D eigenvalue weighted by Gasteiger charge is -2.14. The van der Waals surface area contributed by atoms with Crippen LogP contribution in [0, 0.1) is 0 Å². The van der Waals surface area contributed by atoms with Gasteiger partial charge in [-0.1, -0.05) is 30.8 Å². The highest BCUT2D eigenvalue weighted by Crippen LogP contribution is 2.38. The van der Waals surface area contributed by atoms with Crippen LogP contribution in [0.5, 0.6) is 11.5 Å². The first kappa shape index (κ1) is 21.1. The van der Waals surface area contributed by atoms with Gasteiger partial charge in [0.25, 0.3) is 0 Å². The molecule has 0 spiro atoms. The zero-order valence-corrected chi connectivity index (χ0v) is 15.5. The van der Waals surface area contributed by atoms with E-state index in [1.54, 1.807) is 0 Å². The molecule has 144 valence electrons. The molecule has 0 bridgehead atoms. The second-order valence-corrected chi connectivity index (χ2v) is 8.44. The summed E-state index contributed by atoms with van der Waals surface area (Å²) in [4.78, 5) is 49.2. The van der Waals surface area contributed by atoms with Gasteiger partial charge in [-0.15, -0.1) is 0 Å². The summed E-state index contributed by atoms with van der Waals surface area (Å²) in [5.41, 5.74) is -0.226. The van der Waals surface area contributed by atoms with E-state index < -0.39 is 33.1 Å². The zero-order valence-electron chi connectivity index (χ0n) is 13.8. The van der Waals surface area contributed by atoms with E-state index in [2.05, 4.69) is 6.58 Å². The van der Waals surface area contributed by atoms with Gasteiger partial charge >= 0.3 is 21.2 Å². The number of carbonyl (C=O) groups excluding carboxylic acids is 1. The Morgan fingerprint density at radius 1 is 0.852 bits per heavy atom. The van der Waals surface area contributed by atoms with Gasteiger partial charge in [0.2, 0.25) is 0 Å². The highest BCUT2D eigenvalue weighted by Gasteiger charge is 2.25. The lowest BCUT2D eigenvalue weighted by Crippen LogP contribution is -2.20. The molecule has 0 amide bonds. The molecule has 2 aromatic carbocycles. The summed E-state index contributed by atoms with van der Waals surface area (Å²) in [7, 11) is -9.23. The molecule has 0 atom stereocenters. The first-order valence-corrected chi connectivity index (χ1v) is 10.6. The minimum Gasteiger partial charge on any atom is -0.488 e. The third-order valence-electron chi connectivity index (χ3n) is 3.25. The molecule has 0 aliphatic rings. The highest BCUT2D eigenvalue weighted by molar-refractivity contribution is 7.60. The van der Waals surface area contributed by atoms with Gasteiger partial charge in [-0.25, -0.2) is 4.79 Å². The first-order valence-electron chi connectivity index (χ1n) is 7.33. The normalized spacial score (nSPS) is 11.7. The van der Waals surface area contributed by atoms with Crippen LogP contribution in [0.3, 0.4) is 0 Å². The van der Waals surface area contributed by atoms with E-state index in [4.69, 9.17) is 9.47 Å². The molecule has 0 aliphatic carbocycles. The Labute approximate surface area is 154 Å². The number of rotatable bonds is 7. The van der Waals surface area contributed by atoms with Gasteiger partial charge in [-0.3, -0.25) is 9.13 Å². The SMILES string of the molecule is C=C(COc1ccccc1P(=O)(O)O)C(=O)Oc1ccccc1P(=O)(O)O. The fourth-order valence-electron chi connectivity index (χ4n) is 2.00. The van der Waals surface area contributed by atoms with E-state index in [1.165, 1.54) is 42.5 Å². The Kier molecular flexibility index (Phi) is 6.38. The summed E-state index contributed by atoms with van der Waals surface area (Å²) in [6.07, 6.45) is 0. The summed E-state index contributed by atoms with van der Waals surface area (Å²) >= 11 is 0. The number of ether oxygens (including phenoxy) is 2. The average molecular weight is 414 g/mol. The Morgan fingerprint density at radius 2 is 1.30 bits per heavy atom. The average Bonchev–Trinajstić information content (AvgIpc) is 2.58. The maximum Gasteiger partial charge on any atom is 0.359 e. The van der Waals surface area contributed by atoms with Gasteiger partial charge in [-0.2, -0.15) is 0 Å². The Morgan fingerprint density at radius 3 is 1.81 bits per heavy atom. The monoisotopic (exact) mass is 414 g/mol. The molecule has 0 saturated carbocycles. The van der Waals surface area contributed by atoms with Gasteiger partial charge in [0.1, 0.15) is 28.7 Å². The summed E-state index contributed by atoms with van der Waals surface area (Å²) in [5, 5.41) is -0.808. The molecule has 9 nitrogen and oxygen atoms in total. The largest absolute Gasteiger partial charge is 0.488 e. The number of benzene rings is 2. The molecule has 2 rings (SSSR count). The highest BCUT2D eigenvalue weighted by atomic mass is 31.2. The molecule has 0 heterocycles. The van der Waals surface area contributed by atoms with E-state index in [0.29, 0.717) is 0 Å². The van der Waals surface area contributed by atoms with E-state index in [0.717, 1.165) is 6.07 Å². The van der Waals surface area contributed by atoms with Crippen molar-refractivity contribution in [1.82, 2.24) is 0 Å². The standard InChI is InChI=1S/C16H16O9P2/c1-11(10-24-12-6-2-4-8-14(12)26(18,19)20)16(17)25-13-7-3-5-9-15(13)27(21,22)23/h2-9H,1,10H2,(H2,18,19,20)(H2,21,22,23). The minimum atomic E-state index is -4.66. The molecule has 0 aliphatic heterocycles. The van der Waals surface area contributed by atoms with Crippen LogP contribution in [0.2, 0.25) is 0 Å². The van der Waals surface area contributed by atoms with E-state index >= 15 is 0 Å². The Balaban J connectivity index is 2.10. The van der Waals surface area contributed by atoms with Crippen molar-refractivity contribution in [3.8, 4) is 11.5 Å². The number of carbonyl (C=O) groups is 1. The molecule has 0 aromatic heterocycles. The van der Waals surface area contributed by atoms with Crippen LogP contribution in [-0.2, 0) is 13.9 Å². The van der Waals surface area contributed by atoms with Crippen molar-refractivity contribution in [2.75, 3.05) is 6.61 Å². The summed E-state index contributed by atoms with van der Waals surface area (Å²) in [5.74, 6) is -1.47. The fourth-order valence-corrected chi connectivity index (χ4v) is 3.39. The Bertz CT molecular complexity index is 958. The van der Waals surface area contributed by atoms with Crippen LogP contribution >= 0.6 is 15.2 Å². The summed E-state index contributed by atoms with van der Waals surface area (Å²) in [6, 6.07) is 10.6. The van der Waals surface area contributed by atoms with Crippen LogP contribution in [-0.4, -0.2) is 32.1 Å². The molecule has 27 heavy (non-hydrogen) atoms. The van der Waals surface area contributed by atoms with Crippen LogP contribution in [0.25, 0.3) is 0 Å². The van der Waals surface area contributed by atoms with Crippen LogP contribution in [0.15, 0.2) is 60.7 Å². The van der Waals surface area contributed by atoms with Crippen molar-refractivity contribution in [3.63, 3.8) is 0 Å². The van der Waals surface area contributed by atoms with Crippen molar-refractivity contribution in [3.05, 3.63) is 60.7 Å². The van der Waals surface area contributed by atoms with E-state index in [1.807, 2.05) is 0 Å². The van der Waals surface area contributed by atoms with E-state index in [-0.39, 0.29) is 22.4 Å². The topological polar surface area (TPSA) is 151 Å². The first-order chi connectivity index (χ1) is 12.5. The van der Waals surface area contributed by atoms with Gasteiger partial charge in [0, 0.05) is 0 Å². The molecular formula is C16H16O9P2. The minimum absolute atomic E-state index is 0.129. The number of esters is 1. The van der Waals surface area contributed by atoms with Gasteiger partial charge in [-0.05, 0) is 24.3 Å². The maximum atomic E-state index is 12.1. The molecule has 0 fully saturated rings. The molecular weight excluding hydrogens is 398 g/mol. The number of para-hydroxylation sites is 2. The van der Waals surface area contributed by atoms with Crippen molar-refractivity contribution in [2.24, 2.45) is 0 Å². The molecule has 2 aromatic rings. The third-order valence-corrected chi connectivity index (χ3v) is 5.25. The molecule has 0 unspecified atom stereocenters. The molecule has 0 radical (unpaired) electrons. The molecule has 4 N–H and O–H groups in total. The van der Waals surface area contributed by atoms with Crippen molar-refractivity contribution < 1.29 is 43.0 Å². The lowest BCUT2D eigenvalue weighted by atomic mass is 10.3. The third kappa shape index (κ3) is 5.61. The lowest BCUT2D eigenvalue weighted by molar-refractivity contribution is -0.130. The summed E-state index contributed by atoms with van der Waals surface area (Å²) in [6.45, 7) is 3.01. The zero-order chi connectivity index (χ0) is 20.2. The molecule has 0 saturated heterocycles. The van der Waals surface area contributed by atoms with Crippen LogP contribution in [0.1, 0.15) is 0 Å². The number of hydrogen-bond acceptors (Lipinski definition) is 5. The van der Waals surface area contributed by atoms with Crippen molar-refractivity contribution >= 4 is 31.8 Å². The molecule has 11 heteroatoms. The van der Waals surface area contributed by atoms with Gasteiger partial charge < -0.3 is 29.0 Å². The van der Waals surface area contributed by atoms with Crippen LogP contribution < -0.4 is 20.1 Å². The maximum absolute atomic E-state index is 12.1. The predicted octanol–water partition coefficient (Wildman–Crippen LogP) is 0.833. The quantitative estimate of drug-likeness (QED) is 0.224. The fraction of sp³-hybridized carbons (Fsp3) is 0.0625. The van der Waals surface area contributed by atoms with Crippen molar-refractivity contribution in [2.45, 2.75) is 0 Å². The smallest absolute Gasteiger partial charge is 0.359 e. The number of hydrogen-bond donors (Lipinski definition) is 4. The van der Waals surface area contributed by atoms with Crippen LogP contribution in [0.4, 0.5) is 0 Å². The van der Waals surface area contributed by atoms with E-state index in [9.17, 15) is 33.5 Å². The Hall–Kier alpha value is -2.25. The second-order valence-electron chi connectivity index (χ2n) is 5.31. The predicted molar refractivity (Wildman–Crippen MR) is 96.5 cm³/mol. The second kappa shape index (κ2) is 8.19.